The second kappa shape index (κ2) is 4.01. The Labute approximate surface area is 95.2 Å². The molecule has 2 rings (SSSR count). The van der Waals surface area contributed by atoms with Crippen LogP contribution >= 0.6 is 0 Å². The van der Waals surface area contributed by atoms with Crippen LogP contribution in [0.3, 0.4) is 0 Å². The lowest BCUT2D eigenvalue weighted by Crippen LogP contribution is -2.60. The number of β-amino-alcohol motifs (C(OH)–C–C–N with tert-alkyl or cyclic N) is 1. The maximum Gasteiger partial charge on any atom is 0.275 e. The number of benzene rings is 1. The van der Waals surface area contributed by atoms with Crippen LogP contribution in [0.25, 0.3) is 0 Å². The number of hydrogen-bond donors (Lipinski definition) is 2. The van der Waals surface area contributed by atoms with E-state index in [1.165, 1.54) is 0 Å². The molecule has 17 heavy (non-hydrogen) atoms. The minimum Gasteiger partial charge on any atom is -0.387 e. The normalized spacial score (nSPS) is 17.6. The van der Waals surface area contributed by atoms with Crippen molar-refractivity contribution in [1.29, 1.82) is 0 Å². The first-order valence-corrected chi connectivity index (χ1v) is 4.97. The van der Waals surface area contributed by atoms with Gasteiger partial charge in [-0.2, -0.15) is 0 Å². The van der Waals surface area contributed by atoms with Crippen molar-refractivity contribution >= 4 is 5.69 Å². The summed E-state index contributed by atoms with van der Waals surface area (Å²) in [5.74, 6) is -2.42. The van der Waals surface area contributed by atoms with Gasteiger partial charge in [0.25, 0.3) is 5.69 Å². The highest BCUT2D eigenvalue weighted by Crippen LogP contribution is 2.27. The molecule has 0 atom stereocenters. The van der Waals surface area contributed by atoms with E-state index >= 15 is 0 Å². The van der Waals surface area contributed by atoms with Gasteiger partial charge in [-0.05, 0) is 6.07 Å². The van der Waals surface area contributed by atoms with Crippen LogP contribution in [-0.2, 0) is 6.42 Å². The van der Waals surface area contributed by atoms with E-state index in [-0.39, 0.29) is 25.1 Å². The predicted molar refractivity (Wildman–Crippen MR) is 54.5 cm³/mol. The first kappa shape index (κ1) is 11.9. The Bertz CT molecular complexity index is 475. The highest BCUT2D eigenvalue weighted by molar-refractivity contribution is 5.42. The number of nitro benzene ring substituents is 1. The molecular formula is C10H10F2N2O3. The van der Waals surface area contributed by atoms with Crippen molar-refractivity contribution < 1.29 is 18.8 Å². The number of nitrogens with zero attached hydrogens (tertiary/aromatic N) is 1. The Morgan fingerprint density at radius 1 is 1.41 bits per heavy atom. The molecule has 1 aromatic carbocycles. The summed E-state index contributed by atoms with van der Waals surface area (Å²) in [5, 5.41) is 23.3. The molecule has 0 aliphatic carbocycles. The molecule has 0 aromatic heterocycles. The lowest BCUT2D eigenvalue weighted by Gasteiger charge is -2.37. The number of hydrogen-bond acceptors (Lipinski definition) is 4. The second-order valence-corrected chi connectivity index (χ2v) is 4.16. The lowest BCUT2D eigenvalue weighted by molar-refractivity contribution is -0.386. The number of aliphatic hydroxyl groups is 1. The molecule has 1 fully saturated rings. The zero-order chi connectivity index (χ0) is 12.6. The predicted octanol–water partition coefficient (Wildman–Crippen LogP) is 0.750. The lowest BCUT2D eigenvalue weighted by atomic mass is 9.88. The zero-order valence-electron chi connectivity index (χ0n) is 8.74. The highest BCUT2D eigenvalue weighted by atomic mass is 19.2. The average molecular weight is 244 g/mol. The van der Waals surface area contributed by atoms with Gasteiger partial charge < -0.3 is 10.4 Å². The Hall–Kier alpha value is -1.60. The minimum atomic E-state index is -1.26. The Kier molecular flexibility index (Phi) is 2.80. The van der Waals surface area contributed by atoms with Crippen LogP contribution in [0, 0.1) is 21.7 Å². The number of nitro groups is 1. The van der Waals surface area contributed by atoms with Gasteiger partial charge in [-0.15, -0.1) is 0 Å². The van der Waals surface area contributed by atoms with Gasteiger partial charge in [0.05, 0.1) is 16.6 Å². The van der Waals surface area contributed by atoms with Crippen molar-refractivity contribution in [3.8, 4) is 0 Å². The van der Waals surface area contributed by atoms with Crippen molar-refractivity contribution in [2.45, 2.75) is 12.0 Å². The van der Waals surface area contributed by atoms with E-state index in [1.807, 2.05) is 0 Å². The molecule has 1 aliphatic heterocycles. The van der Waals surface area contributed by atoms with Crippen LogP contribution in [-0.4, -0.2) is 28.7 Å². The van der Waals surface area contributed by atoms with Crippen LogP contribution in [0.4, 0.5) is 14.5 Å². The SMILES string of the molecule is O=[N+]([O-])c1cc(F)c(F)cc1CC1(O)CNC1. The third kappa shape index (κ3) is 2.25. The average Bonchev–Trinajstić information content (AvgIpc) is 2.20. The van der Waals surface area contributed by atoms with Crippen molar-refractivity contribution in [1.82, 2.24) is 5.32 Å². The molecule has 0 spiro atoms. The molecule has 0 radical (unpaired) electrons. The van der Waals surface area contributed by atoms with Crippen molar-refractivity contribution in [2.75, 3.05) is 13.1 Å². The first-order chi connectivity index (χ1) is 7.91. The zero-order valence-corrected chi connectivity index (χ0v) is 8.74. The Morgan fingerprint density at radius 2 is 2.00 bits per heavy atom. The first-order valence-electron chi connectivity index (χ1n) is 4.97. The molecule has 7 heteroatoms. The van der Waals surface area contributed by atoms with Crippen molar-refractivity contribution in [3.05, 3.63) is 39.4 Å². The third-order valence-corrected chi connectivity index (χ3v) is 2.75. The highest BCUT2D eigenvalue weighted by Gasteiger charge is 2.36. The largest absolute Gasteiger partial charge is 0.387 e. The van der Waals surface area contributed by atoms with Crippen LogP contribution < -0.4 is 5.32 Å². The van der Waals surface area contributed by atoms with E-state index < -0.39 is 27.8 Å². The Balaban J connectivity index is 2.37. The molecule has 1 aromatic rings. The second-order valence-electron chi connectivity index (χ2n) is 4.16. The third-order valence-electron chi connectivity index (χ3n) is 2.75. The number of nitrogens with one attached hydrogen (secondary N) is 1. The van der Waals surface area contributed by atoms with Crippen LogP contribution in [0.5, 0.6) is 0 Å². The van der Waals surface area contributed by atoms with E-state index in [0.29, 0.717) is 6.07 Å². The van der Waals surface area contributed by atoms with Crippen LogP contribution in [0.2, 0.25) is 0 Å². The summed E-state index contributed by atoms with van der Waals surface area (Å²) in [7, 11) is 0. The van der Waals surface area contributed by atoms with Gasteiger partial charge >= 0.3 is 0 Å². The van der Waals surface area contributed by atoms with E-state index in [0.717, 1.165) is 6.07 Å². The van der Waals surface area contributed by atoms with E-state index in [9.17, 15) is 24.0 Å². The van der Waals surface area contributed by atoms with Gasteiger partial charge in [0, 0.05) is 25.1 Å². The summed E-state index contributed by atoms with van der Waals surface area (Å²) >= 11 is 0. The molecule has 0 unspecified atom stereocenters. The standard InChI is InChI=1S/C10H10F2N2O3/c11-7-1-6(3-10(15)4-13-5-10)9(14(16)17)2-8(7)12/h1-2,13,15H,3-5H2. The number of halogens is 2. The monoisotopic (exact) mass is 244 g/mol. The van der Waals surface area contributed by atoms with Gasteiger partial charge in [0.2, 0.25) is 0 Å². The fraction of sp³-hybridized carbons (Fsp3) is 0.400. The summed E-state index contributed by atoms with van der Waals surface area (Å²) in [6.07, 6.45) is -0.0759. The van der Waals surface area contributed by atoms with Crippen molar-refractivity contribution in [2.24, 2.45) is 0 Å². The molecule has 5 nitrogen and oxygen atoms in total. The summed E-state index contributed by atoms with van der Waals surface area (Å²) in [6, 6.07) is 1.31. The molecule has 1 aliphatic rings. The van der Waals surface area contributed by atoms with Gasteiger partial charge in [0.15, 0.2) is 11.6 Å². The van der Waals surface area contributed by atoms with Gasteiger partial charge in [-0.1, -0.05) is 0 Å². The topological polar surface area (TPSA) is 75.4 Å². The molecule has 0 amide bonds. The minimum absolute atomic E-state index is 0.00194. The molecular weight excluding hydrogens is 234 g/mol. The van der Waals surface area contributed by atoms with Gasteiger partial charge in [-0.25, -0.2) is 8.78 Å². The van der Waals surface area contributed by atoms with Crippen LogP contribution in [0.1, 0.15) is 5.56 Å². The summed E-state index contributed by atoms with van der Waals surface area (Å²) in [5.41, 5.74) is -1.63. The van der Waals surface area contributed by atoms with E-state index in [1.54, 1.807) is 0 Å². The molecule has 1 saturated heterocycles. The van der Waals surface area contributed by atoms with Gasteiger partial charge in [-0.3, -0.25) is 10.1 Å². The molecule has 0 bridgehead atoms. The maximum absolute atomic E-state index is 13.0. The summed E-state index contributed by atoms with van der Waals surface area (Å²) < 4.78 is 25.9. The quantitative estimate of drug-likeness (QED) is 0.607. The maximum atomic E-state index is 13.0. The number of rotatable bonds is 3. The molecule has 1 heterocycles. The van der Waals surface area contributed by atoms with E-state index in [2.05, 4.69) is 5.32 Å². The summed E-state index contributed by atoms with van der Waals surface area (Å²) in [4.78, 5) is 9.91. The van der Waals surface area contributed by atoms with Crippen LogP contribution in [0.15, 0.2) is 12.1 Å². The Morgan fingerprint density at radius 3 is 2.47 bits per heavy atom. The smallest absolute Gasteiger partial charge is 0.275 e. The molecule has 92 valence electrons. The fourth-order valence-corrected chi connectivity index (χ4v) is 1.78. The van der Waals surface area contributed by atoms with Gasteiger partial charge in [0.1, 0.15) is 0 Å². The van der Waals surface area contributed by atoms with E-state index in [4.69, 9.17) is 0 Å². The molecule has 2 N–H and O–H groups in total. The van der Waals surface area contributed by atoms with Crippen molar-refractivity contribution in [3.63, 3.8) is 0 Å². The molecule has 0 saturated carbocycles. The fourth-order valence-electron chi connectivity index (χ4n) is 1.78. The summed E-state index contributed by atoms with van der Waals surface area (Å²) in [6.45, 7) is 0.562.